The van der Waals surface area contributed by atoms with Gasteiger partial charge in [0, 0.05) is 24.7 Å². The first kappa shape index (κ1) is 14.6. The summed E-state index contributed by atoms with van der Waals surface area (Å²) in [6.45, 7) is 6.48. The highest BCUT2D eigenvalue weighted by atomic mass is 15.2. The van der Waals surface area contributed by atoms with Crippen molar-refractivity contribution in [3.05, 3.63) is 11.9 Å². The van der Waals surface area contributed by atoms with Crippen LogP contribution in [0.15, 0.2) is 6.33 Å². The monoisotopic (exact) mass is 288 g/mol. The molecule has 0 aromatic carbocycles. The highest BCUT2D eigenvalue weighted by Gasteiger charge is 2.34. The topological polar surface area (TPSA) is 41.1 Å². The molecular formula is C17H28N4. The van der Waals surface area contributed by atoms with E-state index in [4.69, 9.17) is 0 Å². The molecule has 1 aromatic heterocycles. The molecule has 0 spiro atoms. The van der Waals surface area contributed by atoms with Gasteiger partial charge < -0.3 is 10.2 Å². The molecule has 2 fully saturated rings. The van der Waals surface area contributed by atoms with Gasteiger partial charge in [0.15, 0.2) is 0 Å². The van der Waals surface area contributed by atoms with Crippen LogP contribution in [0.5, 0.6) is 0 Å². The summed E-state index contributed by atoms with van der Waals surface area (Å²) in [5.74, 6) is 3.06. The molecule has 1 aromatic rings. The van der Waals surface area contributed by atoms with Gasteiger partial charge in [0.1, 0.15) is 18.0 Å². The minimum Gasteiger partial charge on any atom is -0.370 e. The fraction of sp³-hybridized carbons (Fsp3) is 0.765. The van der Waals surface area contributed by atoms with Crippen molar-refractivity contribution in [3.8, 4) is 0 Å². The second-order valence-electron chi connectivity index (χ2n) is 6.55. The molecule has 2 heterocycles. The Kier molecular flexibility index (Phi) is 4.61. The SMILES string of the molecule is CCCNc1ncnc(N2CCCC3CCCCC32)c1C. The molecule has 0 radical (unpaired) electrons. The minimum atomic E-state index is 0.708. The molecule has 116 valence electrons. The van der Waals surface area contributed by atoms with E-state index in [2.05, 4.69) is 34.0 Å². The normalized spacial score (nSPS) is 25.5. The van der Waals surface area contributed by atoms with Gasteiger partial charge in [-0.3, -0.25) is 0 Å². The number of hydrogen-bond donors (Lipinski definition) is 1. The lowest BCUT2D eigenvalue weighted by molar-refractivity contribution is 0.242. The zero-order valence-corrected chi connectivity index (χ0v) is 13.4. The average molecular weight is 288 g/mol. The Balaban J connectivity index is 1.84. The number of nitrogens with one attached hydrogen (secondary N) is 1. The largest absolute Gasteiger partial charge is 0.370 e. The molecule has 2 atom stereocenters. The molecule has 2 aliphatic rings. The van der Waals surface area contributed by atoms with E-state index in [-0.39, 0.29) is 0 Å². The summed E-state index contributed by atoms with van der Waals surface area (Å²) in [5.41, 5.74) is 1.22. The van der Waals surface area contributed by atoms with Crippen LogP contribution in [-0.2, 0) is 0 Å². The summed E-state index contributed by atoms with van der Waals surface area (Å²) in [6.07, 6.45) is 11.1. The first-order valence-electron chi connectivity index (χ1n) is 8.63. The van der Waals surface area contributed by atoms with E-state index < -0.39 is 0 Å². The molecule has 1 saturated carbocycles. The lowest BCUT2D eigenvalue weighted by Gasteiger charge is -2.45. The van der Waals surface area contributed by atoms with E-state index in [9.17, 15) is 0 Å². The van der Waals surface area contributed by atoms with Gasteiger partial charge in [0.25, 0.3) is 0 Å². The molecule has 0 bridgehead atoms. The predicted octanol–water partition coefficient (Wildman–Crippen LogP) is 3.77. The van der Waals surface area contributed by atoms with Crippen molar-refractivity contribution in [3.63, 3.8) is 0 Å². The van der Waals surface area contributed by atoms with Crippen LogP contribution in [0.1, 0.15) is 57.4 Å². The fourth-order valence-electron chi connectivity index (χ4n) is 4.04. The van der Waals surface area contributed by atoms with Gasteiger partial charge in [-0.2, -0.15) is 0 Å². The quantitative estimate of drug-likeness (QED) is 0.915. The van der Waals surface area contributed by atoms with Gasteiger partial charge in [-0.15, -0.1) is 0 Å². The molecule has 1 aliphatic heterocycles. The van der Waals surface area contributed by atoms with Gasteiger partial charge in [0.05, 0.1) is 0 Å². The van der Waals surface area contributed by atoms with E-state index in [0.717, 1.165) is 31.2 Å². The maximum absolute atomic E-state index is 4.64. The smallest absolute Gasteiger partial charge is 0.137 e. The fourth-order valence-corrected chi connectivity index (χ4v) is 4.04. The predicted molar refractivity (Wildman–Crippen MR) is 87.9 cm³/mol. The van der Waals surface area contributed by atoms with Crippen molar-refractivity contribution in [1.29, 1.82) is 0 Å². The van der Waals surface area contributed by atoms with E-state index in [0.29, 0.717) is 6.04 Å². The molecule has 4 heteroatoms. The summed E-state index contributed by atoms with van der Waals surface area (Å²) < 4.78 is 0. The number of aromatic nitrogens is 2. The van der Waals surface area contributed by atoms with Crippen molar-refractivity contribution in [1.82, 2.24) is 9.97 Å². The highest BCUT2D eigenvalue weighted by molar-refractivity contribution is 5.58. The maximum atomic E-state index is 4.64. The second kappa shape index (κ2) is 6.63. The number of hydrogen-bond acceptors (Lipinski definition) is 4. The molecule has 3 rings (SSSR count). The Morgan fingerprint density at radius 3 is 2.86 bits per heavy atom. The summed E-state index contributed by atoms with van der Waals surface area (Å²) in [5, 5.41) is 3.44. The Labute approximate surface area is 128 Å². The third-order valence-electron chi connectivity index (χ3n) is 5.12. The lowest BCUT2D eigenvalue weighted by atomic mass is 9.78. The van der Waals surface area contributed by atoms with Gasteiger partial charge in [0.2, 0.25) is 0 Å². The Hall–Kier alpha value is -1.32. The van der Waals surface area contributed by atoms with Crippen LogP contribution in [0.3, 0.4) is 0 Å². The summed E-state index contributed by atoms with van der Waals surface area (Å²) in [4.78, 5) is 11.6. The second-order valence-corrected chi connectivity index (χ2v) is 6.55. The van der Waals surface area contributed by atoms with E-state index in [1.165, 1.54) is 49.9 Å². The zero-order chi connectivity index (χ0) is 14.7. The summed E-state index contributed by atoms with van der Waals surface area (Å²) >= 11 is 0. The van der Waals surface area contributed by atoms with Gasteiger partial charge in [-0.05, 0) is 44.9 Å². The number of nitrogens with zero attached hydrogens (tertiary/aromatic N) is 3. The van der Waals surface area contributed by atoms with Crippen LogP contribution in [0.4, 0.5) is 11.6 Å². The van der Waals surface area contributed by atoms with Gasteiger partial charge in [-0.25, -0.2) is 9.97 Å². The zero-order valence-electron chi connectivity index (χ0n) is 13.4. The molecule has 21 heavy (non-hydrogen) atoms. The van der Waals surface area contributed by atoms with Crippen molar-refractivity contribution in [2.24, 2.45) is 5.92 Å². The third-order valence-corrected chi connectivity index (χ3v) is 5.12. The Morgan fingerprint density at radius 2 is 2.00 bits per heavy atom. The minimum absolute atomic E-state index is 0.708. The third kappa shape index (κ3) is 2.99. The Bertz CT molecular complexity index is 472. The molecule has 1 saturated heterocycles. The molecule has 1 aliphatic carbocycles. The standard InChI is InChI=1S/C17H28N4/c1-3-10-18-16-13(2)17(20-12-19-16)21-11-6-8-14-7-4-5-9-15(14)21/h12,14-15H,3-11H2,1-2H3,(H,18,19,20). The molecular weight excluding hydrogens is 260 g/mol. The van der Waals surface area contributed by atoms with Gasteiger partial charge in [-0.1, -0.05) is 19.8 Å². The first-order valence-corrected chi connectivity index (χ1v) is 8.63. The van der Waals surface area contributed by atoms with Crippen molar-refractivity contribution in [2.75, 3.05) is 23.3 Å². The molecule has 2 unspecified atom stereocenters. The number of fused-ring (bicyclic) bond motifs is 1. The van der Waals surface area contributed by atoms with Gasteiger partial charge >= 0.3 is 0 Å². The number of rotatable bonds is 4. The van der Waals surface area contributed by atoms with Crippen LogP contribution in [0, 0.1) is 12.8 Å². The maximum Gasteiger partial charge on any atom is 0.137 e. The van der Waals surface area contributed by atoms with Crippen LogP contribution in [0.2, 0.25) is 0 Å². The average Bonchev–Trinajstić information content (AvgIpc) is 2.53. The Morgan fingerprint density at radius 1 is 1.19 bits per heavy atom. The molecule has 4 nitrogen and oxygen atoms in total. The van der Waals surface area contributed by atoms with Crippen LogP contribution in [0.25, 0.3) is 0 Å². The van der Waals surface area contributed by atoms with Crippen LogP contribution in [-0.4, -0.2) is 29.1 Å². The van der Waals surface area contributed by atoms with Crippen LogP contribution >= 0.6 is 0 Å². The summed E-state index contributed by atoms with van der Waals surface area (Å²) in [7, 11) is 0. The summed E-state index contributed by atoms with van der Waals surface area (Å²) in [6, 6.07) is 0.708. The van der Waals surface area contributed by atoms with E-state index in [1.807, 2.05) is 0 Å². The van der Waals surface area contributed by atoms with E-state index >= 15 is 0 Å². The van der Waals surface area contributed by atoms with Crippen molar-refractivity contribution in [2.45, 2.75) is 64.8 Å². The number of piperidine rings is 1. The van der Waals surface area contributed by atoms with Crippen molar-refractivity contribution >= 4 is 11.6 Å². The lowest BCUT2D eigenvalue weighted by Crippen LogP contribution is -2.47. The van der Waals surface area contributed by atoms with E-state index in [1.54, 1.807) is 6.33 Å². The molecule has 0 amide bonds. The van der Waals surface area contributed by atoms with Crippen molar-refractivity contribution < 1.29 is 0 Å². The molecule has 1 N–H and O–H groups in total. The number of anilines is 2. The first-order chi connectivity index (χ1) is 10.3. The highest BCUT2D eigenvalue weighted by Crippen LogP contribution is 2.38. The van der Waals surface area contributed by atoms with Crippen LogP contribution < -0.4 is 10.2 Å².